The number of halogens is 1. The van der Waals surface area contributed by atoms with Crippen molar-refractivity contribution in [1.29, 1.82) is 0 Å². The van der Waals surface area contributed by atoms with Gasteiger partial charge in [0.15, 0.2) is 0 Å². The number of alkyl carbamates (subject to hydrolysis) is 1. The average Bonchev–Trinajstić information content (AvgIpc) is 1.99. The zero-order chi connectivity index (χ0) is 8.53. The lowest BCUT2D eigenvalue weighted by Gasteiger charge is -2.01. The van der Waals surface area contributed by atoms with Crippen LogP contribution < -0.4 is 5.32 Å². The number of carbonyl (C=O) groups is 1. The molecule has 0 unspecified atom stereocenters. The molecule has 0 atom stereocenters. The van der Waals surface area contributed by atoms with Crippen molar-refractivity contribution in [3.63, 3.8) is 0 Å². The van der Waals surface area contributed by atoms with Crippen LogP contribution in [0.2, 0.25) is 0 Å². The van der Waals surface area contributed by atoms with E-state index in [2.05, 4.69) is 32.6 Å². The first-order valence-corrected chi connectivity index (χ1v) is 4.54. The molecule has 0 fully saturated rings. The van der Waals surface area contributed by atoms with Crippen molar-refractivity contribution in [1.82, 2.24) is 5.32 Å². The highest BCUT2D eigenvalue weighted by Crippen LogP contribution is 1.91. The lowest BCUT2D eigenvalue weighted by Crippen LogP contribution is -2.23. The minimum atomic E-state index is -0.436. The maximum Gasteiger partial charge on any atom is 0.411 e. The quantitative estimate of drug-likeness (QED) is 0.439. The monoisotopic (exact) mass is 221 g/mol. The van der Waals surface area contributed by atoms with Gasteiger partial charge in [-0.2, -0.15) is 0 Å². The fraction of sp³-hybridized carbons (Fsp3) is 0.571. The molecular weight excluding hydrogens is 210 g/mol. The number of hydrogen-bond acceptors (Lipinski definition) is 2. The number of unbranched alkanes of at least 4 members (excludes halogenated alkanes) is 1. The Morgan fingerprint density at radius 2 is 2.36 bits per heavy atom. The van der Waals surface area contributed by atoms with Gasteiger partial charge in [0, 0.05) is 11.9 Å². The molecule has 1 N–H and O–H groups in total. The van der Waals surface area contributed by atoms with Gasteiger partial charge < -0.3 is 10.1 Å². The maximum absolute atomic E-state index is 10.6. The molecule has 0 radical (unpaired) electrons. The van der Waals surface area contributed by atoms with Gasteiger partial charge in [-0.15, -0.1) is 0 Å². The fourth-order valence-electron chi connectivity index (χ4n) is 0.527. The Morgan fingerprint density at radius 1 is 1.64 bits per heavy atom. The summed E-state index contributed by atoms with van der Waals surface area (Å²) < 4.78 is 4.42. The third-order valence-corrected chi connectivity index (χ3v) is 1.58. The molecule has 0 bridgehead atoms. The minimum Gasteiger partial charge on any atom is -0.419 e. The number of rotatable bonds is 5. The predicted molar refractivity (Wildman–Crippen MR) is 47.7 cm³/mol. The summed E-state index contributed by atoms with van der Waals surface area (Å²) in [5.74, 6) is 0. The molecule has 0 aromatic heterocycles. The molecule has 11 heavy (non-hydrogen) atoms. The molecule has 3 nitrogen and oxygen atoms in total. The van der Waals surface area contributed by atoms with E-state index in [-0.39, 0.29) is 0 Å². The second kappa shape index (κ2) is 7.60. The smallest absolute Gasteiger partial charge is 0.411 e. The maximum atomic E-state index is 10.6. The first kappa shape index (κ1) is 10.5. The van der Waals surface area contributed by atoms with Gasteiger partial charge in [0.1, 0.15) is 0 Å². The van der Waals surface area contributed by atoms with Crippen LogP contribution >= 0.6 is 15.9 Å². The van der Waals surface area contributed by atoms with Crippen LogP contribution in [-0.4, -0.2) is 18.0 Å². The fourth-order valence-corrected chi connectivity index (χ4v) is 0.924. The van der Waals surface area contributed by atoms with Crippen LogP contribution in [0, 0.1) is 0 Å². The van der Waals surface area contributed by atoms with Gasteiger partial charge in [0.25, 0.3) is 0 Å². The molecule has 0 saturated carbocycles. The van der Waals surface area contributed by atoms with E-state index < -0.39 is 6.09 Å². The lowest BCUT2D eigenvalue weighted by molar-refractivity contribution is 0.185. The summed E-state index contributed by atoms with van der Waals surface area (Å²) in [6, 6.07) is 0. The van der Waals surface area contributed by atoms with E-state index in [4.69, 9.17) is 0 Å². The zero-order valence-corrected chi connectivity index (χ0v) is 7.89. The molecule has 0 heterocycles. The van der Waals surface area contributed by atoms with Crippen molar-refractivity contribution in [2.45, 2.75) is 12.8 Å². The van der Waals surface area contributed by atoms with Gasteiger partial charge in [-0.25, -0.2) is 4.79 Å². The molecule has 4 heteroatoms. The lowest BCUT2D eigenvalue weighted by atomic mass is 10.3. The third kappa shape index (κ3) is 7.39. The molecule has 0 rings (SSSR count). The zero-order valence-electron chi connectivity index (χ0n) is 6.31. The molecule has 0 aromatic carbocycles. The van der Waals surface area contributed by atoms with E-state index in [1.165, 1.54) is 0 Å². The summed E-state index contributed by atoms with van der Waals surface area (Å²) in [6.45, 7) is 3.91. The van der Waals surface area contributed by atoms with Gasteiger partial charge in [0.05, 0.1) is 6.26 Å². The second-order valence-corrected chi connectivity index (χ2v) is 2.69. The largest absolute Gasteiger partial charge is 0.419 e. The first-order chi connectivity index (χ1) is 5.31. The average molecular weight is 222 g/mol. The Hall–Kier alpha value is -0.510. The highest BCUT2D eigenvalue weighted by atomic mass is 79.9. The Labute approximate surface area is 74.9 Å². The Morgan fingerprint density at radius 3 is 2.91 bits per heavy atom. The summed E-state index contributed by atoms with van der Waals surface area (Å²) in [4.78, 5) is 10.6. The van der Waals surface area contributed by atoms with E-state index in [0.717, 1.165) is 24.4 Å². The van der Waals surface area contributed by atoms with E-state index >= 15 is 0 Å². The van der Waals surface area contributed by atoms with Crippen LogP contribution in [-0.2, 0) is 4.74 Å². The van der Waals surface area contributed by atoms with Crippen molar-refractivity contribution < 1.29 is 9.53 Å². The molecule has 1 amide bonds. The van der Waals surface area contributed by atoms with Crippen LogP contribution in [0.4, 0.5) is 4.79 Å². The molecule has 0 spiro atoms. The highest BCUT2D eigenvalue weighted by molar-refractivity contribution is 9.09. The summed E-state index contributed by atoms with van der Waals surface area (Å²) in [7, 11) is 0. The van der Waals surface area contributed by atoms with Gasteiger partial charge in [-0.05, 0) is 12.8 Å². The third-order valence-electron chi connectivity index (χ3n) is 1.02. The minimum absolute atomic E-state index is 0.436. The Bertz CT molecular complexity index is 128. The first-order valence-electron chi connectivity index (χ1n) is 3.42. The van der Waals surface area contributed by atoms with Gasteiger partial charge >= 0.3 is 6.09 Å². The van der Waals surface area contributed by atoms with Crippen LogP contribution in [0.1, 0.15) is 12.8 Å². The number of alkyl halides is 1. The van der Waals surface area contributed by atoms with Crippen molar-refractivity contribution in [3.05, 3.63) is 12.8 Å². The standard InChI is InChI=1S/C7H12BrNO2/c1-2-11-7(10)9-6-4-3-5-8/h2H,1,3-6H2,(H,9,10). The van der Waals surface area contributed by atoms with Crippen molar-refractivity contribution in [2.75, 3.05) is 11.9 Å². The Balaban J connectivity index is 3.10. The number of hydrogen-bond donors (Lipinski definition) is 1. The molecule has 0 saturated heterocycles. The molecule has 0 aliphatic carbocycles. The SMILES string of the molecule is C=COC(=O)NCCCCBr. The predicted octanol–water partition coefficient (Wildman–Crippen LogP) is 2.03. The van der Waals surface area contributed by atoms with Gasteiger partial charge in [-0.1, -0.05) is 22.5 Å². The second-order valence-electron chi connectivity index (χ2n) is 1.89. The normalized spacial score (nSPS) is 8.82. The Kier molecular flexibility index (Phi) is 7.24. The number of carbonyl (C=O) groups excluding carboxylic acids is 1. The van der Waals surface area contributed by atoms with E-state index in [1.807, 2.05) is 0 Å². The molecule has 0 aliphatic heterocycles. The summed E-state index contributed by atoms with van der Waals surface area (Å²) >= 11 is 3.29. The van der Waals surface area contributed by atoms with Crippen LogP contribution in [0.5, 0.6) is 0 Å². The van der Waals surface area contributed by atoms with Crippen LogP contribution in [0.15, 0.2) is 12.8 Å². The molecular formula is C7H12BrNO2. The number of ether oxygens (including phenoxy) is 1. The van der Waals surface area contributed by atoms with Crippen molar-refractivity contribution in [2.24, 2.45) is 0 Å². The molecule has 0 aliphatic rings. The van der Waals surface area contributed by atoms with E-state index in [1.54, 1.807) is 0 Å². The van der Waals surface area contributed by atoms with Crippen molar-refractivity contribution in [3.8, 4) is 0 Å². The number of amides is 1. The topological polar surface area (TPSA) is 38.3 Å². The highest BCUT2D eigenvalue weighted by Gasteiger charge is 1.95. The summed E-state index contributed by atoms with van der Waals surface area (Å²) in [5, 5.41) is 3.53. The summed E-state index contributed by atoms with van der Waals surface area (Å²) in [6.07, 6.45) is 2.68. The van der Waals surface area contributed by atoms with E-state index in [9.17, 15) is 4.79 Å². The molecule has 0 aromatic rings. The van der Waals surface area contributed by atoms with Gasteiger partial charge in [0.2, 0.25) is 0 Å². The van der Waals surface area contributed by atoms with Crippen molar-refractivity contribution >= 4 is 22.0 Å². The number of nitrogens with one attached hydrogen (secondary N) is 1. The summed E-state index contributed by atoms with van der Waals surface area (Å²) in [5.41, 5.74) is 0. The van der Waals surface area contributed by atoms with Gasteiger partial charge in [-0.3, -0.25) is 0 Å². The van der Waals surface area contributed by atoms with Crippen LogP contribution in [0.25, 0.3) is 0 Å². The van der Waals surface area contributed by atoms with Crippen LogP contribution in [0.3, 0.4) is 0 Å². The molecule has 64 valence electrons. The van der Waals surface area contributed by atoms with E-state index in [0.29, 0.717) is 6.54 Å².